The van der Waals surface area contributed by atoms with Gasteiger partial charge in [-0.15, -0.1) is 0 Å². The van der Waals surface area contributed by atoms with Crippen molar-refractivity contribution in [2.24, 2.45) is 0 Å². The molecular formula is C84H153NO13. The molecule has 0 aromatic rings. The van der Waals surface area contributed by atoms with E-state index in [0.717, 1.165) is 57.8 Å². The number of hydrogen-bond donors (Lipinski definition) is 9. The van der Waals surface area contributed by atoms with Crippen molar-refractivity contribution in [1.29, 1.82) is 0 Å². The van der Waals surface area contributed by atoms with Crippen LogP contribution in [0.15, 0.2) is 72.9 Å². The number of rotatable bonds is 69. The quantitative estimate of drug-likeness (QED) is 0.0204. The zero-order valence-electron chi connectivity index (χ0n) is 62.8. The summed E-state index contributed by atoms with van der Waals surface area (Å²) in [5.74, 6) is -0.248. The first kappa shape index (κ1) is 91.5. The van der Waals surface area contributed by atoms with E-state index in [-0.39, 0.29) is 18.9 Å². The minimum Gasteiger partial charge on any atom is -0.394 e. The first-order valence-corrected chi connectivity index (χ1v) is 41.2. The molecule has 14 heteroatoms. The Morgan fingerprint density at radius 1 is 0.367 bits per heavy atom. The van der Waals surface area contributed by atoms with Crippen LogP contribution >= 0.6 is 0 Å². The highest BCUT2D eigenvalue weighted by molar-refractivity contribution is 5.76. The summed E-state index contributed by atoms with van der Waals surface area (Å²) in [4.78, 5) is 13.4. The zero-order valence-corrected chi connectivity index (χ0v) is 62.8. The summed E-state index contributed by atoms with van der Waals surface area (Å²) in [6.45, 7) is 2.81. The summed E-state index contributed by atoms with van der Waals surface area (Å²) in [6, 6.07) is -0.941. The van der Waals surface area contributed by atoms with Crippen LogP contribution in [0.1, 0.15) is 361 Å². The van der Waals surface area contributed by atoms with Gasteiger partial charge in [-0.05, 0) is 83.5 Å². The fourth-order valence-electron chi connectivity index (χ4n) is 13.3. The van der Waals surface area contributed by atoms with Crippen LogP contribution in [-0.4, -0.2) is 140 Å². The van der Waals surface area contributed by atoms with Crippen molar-refractivity contribution in [1.82, 2.24) is 5.32 Å². The molecule has 2 aliphatic heterocycles. The van der Waals surface area contributed by atoms with Gasteiger partial charge >= 0.3 is 0 Å². The molecule has 2 fully saturated rings. The minimum absolute atomic E-state index is 0.248. The summed E-state index contributed by atoms with van der Waals surface area (Å²) >= 11 is 0. The van der Waals surface area contributed by atoms with Crippen LogP contribution in [0.3, 0.4) is 0 Å². The first-order valence-electron chi connectivity index (χ1n) is 41.2. The Labute approximate surface area is 599 Å². The van der Waals surface area contributed by atoms with Crippen molar-refractivity contribution in [3.05, 3.63) is 72.9 Å². The summed E-state index contributed by atoms with van der Waals surface area (Å²) in [5.41, 5.74) is 0. The highest BCUT2D eigenvalue weighted by atomic mass is 16.7. The Bertz CT molecular complexity index is 1920. The van der Waals surface area contributed by atoms with Crippen LogP contribution in [0.4, 0.5) is 0 Å². The normalized spacial score (nSPS) is 22.4. The number of unbranched alkanes of at least 4 members (excludes halogenated alkanes) is 46. The van der Waals surface area contributed by atoms with Gasteiger partial charge in [-0.3, -0.25) is 4.79 Å². The molecule has 2 heterocycles. The van der Waals surface area contributed by atoms with Gasteiger partial charge in [0.25, 0.3) is 0 Å². The zero-order chi connectivity index (χ0) is 70.8. The number of aliphatic hydroxyl groups excluding tert-OH is 8. The van der Waals surface area contributed by atoms with Crippen LogP contribution in [0.2, 0.25) is 0 Å². The van der Waals surface area contributed by atoms with E-state index in [1.807, 2.05) is 6.08 Å². The van der Waals surface area contributed by atoms with E-state index in [2.05, 4.69) is 79.9 Å². The second kappa shape index (κ2) is 67.6. The maximum Gasteiger partial charge on any atom is 0.220 e. The number of aliphatic hydroxyl groups is 8. The van der Waals surface area contributed by atoms with E-state index in [9.17, 15) is 45.6 Å². The molecule has 98 heavy (non-hydrogen) atoms. The minimum atomic E-state index is -1.80. The summed E-state index contributed by atoms with van der Waals surface area (Å²) in [6.07, 6.45) is 77.1. The Hall–Kier alpha value is -2.57. The number of nitrogens with one attached hydrogen (secondary N) is 1. The lowest BCUT2D eigenvalue weighted by Crippen LogP contribution is -2.65. The molecular weight excluding hydrogens is 1230 g/mol. The summed E-state index contributed by atoms with van der Waals surface area (Å²) in [5, 5.41) is 87.6. The van der Waals surface area contributed by atoms with Gasteiger partial charge in [-0.25, -0.2) is 0 Å². The molecule has 9 N–H and O–H groups in total. The number of allylic oxidation sites excluding steroid dienone is 11. The van der Waals surface area contributed by atoms with Crippen LogP contribution in [0.25, 0.3) is 0 Å². The lowest BCUT2D eigenvalue weighted by atomic mass is 9.97. The van der Waals surface area contributed by atoms with E-state index < -0.39 is 86.8 Å². The van der Waals surface area contributed by atoms with Crippen molar-refractivity contribution in [2.45, 2.75) is 434 Å². The second-order valence-electron chi connectivity index (χ2n) is 28.9. The fraction of sp³-hybridized carbons (Fsp3) is 0.845. The lowest BCUT2D eigenvalue weighted by Gasteiger charge is -2.46. The molecule has 0 radical (unpaired) electrons. The highest BCUT2D eigenvalue weighted by Gasteiger charge is 2.51. The molecule has 0 aliphatic carbocycles. The summed E-state index contributed by atoms with van der Waals surface area (Å²) in [7, 11) is 0. The average Bonchev–Trinajstić information content (AvgIpc) is 0.793. The Morgan fingerprint density at radius 2 is 0.684 bits per heavy atom. The van der Waals surface area contributed by atoms with E-state index in [1.165, 1.54) is 270 Å². The predicted molar refractivity (Wildman–Crippen MR) is 406 cm³/mol. The van der Waals surface area contributed by atoms with Gasteiger partial charge in [0.15, 0.2) is 12.6 Å². The maximum absolute atomic E-state index is 13.4. The number of carbonyl (C=O) groups is 1. The molecule has 0 aromatic carbocycles. The smallest absolute Gasteiger partial charge is 0.220 e. The first-order chi connectivity index (χ1) is 48.1. The fourth-order valence-corrected chi connectivity index (χ4v) is 13.3. The van der Waals surface area contributed by atoms with Crippen LogP contribution in [0, 0.1) is 0 Å². The van der Waals surface area contributed by atoms with E-state index in [0.29, 0.717) is 12.8 Å². The monoisotopic (exact) mass is 1380 g/mol. The van der Waals surface area contributed by atoms with Gasteiger partial charge in [-0.1, -0.05) is 344 Å². The third kappa shape index (κ3) is 49.9. The van der Waals surface area contributed by atoms with Gasteiger partial charge in [0, 0.05) is 6.42 Å². The SMILES string of the molecule is CCCCCCC/C=C\C/C=C\C/C=C\CCCCCCCCCCCCCCCCCCCCCCCCCCC(=O)NC(COC1OC(CO)C(OC2OC(CO)C(O)C(O)C2O)C(O)C1O)C(O)/C=C/CC/C=C/CC/C=C/CCCCCCCCCCCCCCCCC. The van der Waals surface area contributed by atoms with Gasteiger partial charge in [0.2, 0.25) is 5.91 Å². The standard InChI is InChI=1S/C84H153NO13/c1-3-5-7-9-11-13-15-17-19-21-23-25-27-29-30-31-32-33-34-35-36-37-38-39-40-41-42-44-46-48-50-52-54-56-58-60-62-64-66-68-76(89)85-72(71-95-83-81(94)79(92)82(75(70-87)97-83)98-84-80(93)78(91)77(90)74(69-86)96-84)73(88)67-65-63-61-59-57-55-53-51-49-47-45-43-28-26-24-22-20-18-16-14-12-10-8-6-4-2/h15,17,21,23,27,29,49,51,57,59,65,67,72-75,77-84,86-88,90-94H,3-14,16,18-20,22,24-26,28,30-48,50,52-56,58,60-64,66,68-71H2,1-2H3,(H,85,89)/b17-15-,23-21-,29-27-,51-49+,59-57+,67-65+. The molecule has 0 spiro atoms. The highest BCUT2D eigenvalue weighted by Crippen LogP contribution is 2.30. The van der Waals surface area contributed by atoms with Crippen molar-refractivity contribution >= 4 is 5.91 Å². The van der Waals surface area contributed by atoms with E-state index in [4.69, 9.17) is 18.9 Å². The second-order valence-corrected chi connectivity index (χ2v) is 28.9. The van der Waals surface area contributed by atoms with Gasteiger partial charge in [0.05, 0.1) is 32.0 Å². The van der Waals surface area contributed by atoms with E-state index in [1.54, 1.807) is 6.08 Å². The topological polar surface area (TPSA) is 228 Å². The van der Waals surface area contributed by atoms with Gasteiger partial charge in [-0.2, -0.15) is 0 Å². The largest absolute Gasteiger partial charge is 0.394 e. The number of ether oxygens (including phenoxy) is 4. The van der Waals surface area contributed by atoms with Crippen molar-refractivity contribution in [3.63, 3.8) is 0 Å². The molecule has 0 bridgehead atoms. The van der Waals surface area contributed by atoms with Gasteiger partial charge < -0.3 is 65.1 Å². The number of carbonyl (C=O) groups excluding carboxylic acids is 1. The van der Waals surface area contributed by atoms with Crippen molar-refractivity contribution in [2.75, 3.05) is 19.8 Å². The molecule has 2 rings (SSSR count). The molecule has 14 nitrogen and oxygen atoms in total. The third-order valence-electron chi connectivity index (χ3n) is 19.8. The van der Waals surface area contributed by atoms with Crippen LogP contribution < -0.4 is 5.32 Å². The number of amides is 1. The molecule has 2 aliphatic rings. The Morgan fingerprint density at radius 3 is 1.07 bits per heavy atom. The van der Waals surface area contributed by atoms with Crippen molar-refractivity contribution in [3.8, 4) is 0 Å². The Balaban J connectivity index is 1.60. The average molecular weight is 1390 g/mol. The van der Waals surface area contributed by atoms with E-state index >= 15 is 0 Å². The van der Waals surface area contributed by atoms with Gasteiger partial charge in [0.1, 0.15) is 48.8 Å². The third-order valence-corrected chi connectivity index (χ3v) is 19.8. The molecule has 12 atom stereocenters. The summed E-state index contributed by atoms with van der Waals surface area (Å²) < 4.78 is 22.9. The predicted octanol–water partition coefficient (Wildman–Crippen LogP) is 18.9. The Kier molecular flexibility index (Phi) is 63.1. The maximum atomic E-state index is 13.4. The molecule has 12 unspecified atom stereocenters. The molecule has 1 amide bonds. The molecule has 0 aromatic heterocycles. The van der Waals surface area contributed by atoms with Crippen LogP contribution in [-0.2, 0) is 23.7 Å². The number of hydrogen-bond acceptors (Lipinski definition) is 13. The van der Waals surface area contributed by atoms with Crippen LogP contribution in [0.5, 0.6) is 0 Å². The van der Waals surface area contributed by atoms with Crippen molar-refractivity contribution < 1.29 is 64.6 Å². The lowest BCUT2D eigenvalue weighted by molar-refractivity contribution is -0.359. The molecule has 2 saturated heterocycles. The molecule has 572 valence electrons. The molecule has 0 saturated carbocycles.